The van der Waals surface area contributed by atoms with Crippen molar-refractivity contribution in [2.75, 3.05) is 20.6 Å². The van der Waals surface area contributed by atoms with Crippen LogP contribution in [-0.2, 0) is 0 Å². The van der Waals surface area contributed by atoms with Crippen molar-refractivity contribution in [3.8, 4) is 0 Å². The summed E-state index contributed by atoms with van der Waals surface area (Å²) in [6, 6.07) is 0. The van der Waals surface area contributed by atoms with Crippen LogP contribution in [0.25, 0.3) is 0 Å². The second-order valence-corrected chi connectivity index (χ2v) is 3.12. The Labute approximate surface area is 65.2 Å². The van der Waals surface area contributed by atoms with Gasteiger partial charge in [-0.25, -0.2) is 0 Å². The molecule has 0 saturated carbocycles. The molecule has 1 fully saturated rings. The Bertz CT molecular complexity index is 102. The summed E-state index contributed by atoms with van der Waals surface area (Å²) < 4.78 is 7.03. The molecule has 1 rings (SSSR count). The van der Waals surface area contributed by atoms with E-state index in [1.807, 2.05) is 0 Å². The van der Waals surface area contributed by atoms with E-state index in [0.717, 1.165) is 29.2 Å². The summed E-state index contributed by atoms with van der Waals surface area (Å²) in [5, 5.41) is 0. The standard InChI is InChI=1S/C4H14B3N3/c1-4-10-6-8(2)5-9(3)7-10/h5-7H,4H2,1-3H3. The Morgan fingerprint density at radius 2 is 1.50 bits per heavy atom. The van der Waals surface area contributed by atoms with Crippen molar-refractivity contribution in [2.45, 2.75) is 6.92 Å². The van der Waals surface area contributed by atoms with Crippen molar-refractivity contribution in [1.29, 1.82) is 0 Å². The van der Waals surface area contributed by atoms with Gasteiger partial charge < -0.3 is 14.2 Å². The predicted octanol–water partition coefficient (Wildman–Crippen LogP) is -2.01. The Morgan fingerprint density at radius 1 is 1.00 bits per heavy atom. The van der Waals surface area contributed by atoms with Gasteiger partial charge in [-0.2, -0.15) is 0 Å². The van der Waals surface area contributed by atoms with Crippen molar-refractivity contribution < 1.29 is 0 Å². The molecule has 1 aliphatic rings. The number of hydrogen-bond donors (Lipinski definition) is 0. The van der Waals surface area contributed by atoms with Crippen molar-refractivity contribution in [3.05, 3.63) is 0 Å². The first kappa shape index (κ1) is 8.17. The van der Waals surface area contributed by atoms with E-state index < -0.39 is 0 Å². The molecule has 6 heteroatoms. The molecule has 54 valence electrons. The molecule has 0 N–H and O–H groups in total. The van der Waals surface area contributed by atoms with Gasteiger partial charge >= 0.3 is 0 Å². The zero-order valence-electron chi connectivity index (χ0n) is 7.17. The van der Waals surface area contributed by atoms with Crippen LogP contribution in [0, 0.1) is 0 Å². The van der Waals surface area contributed by atoms with Gasteiger partial charge in [0.05, 0.1) is 0 Å². The summed E-state index contributed by atoms with van der Waals surface area (Å²) >= 11 is 0. The third-order valence-corrected chi connectivity index (χ3v) is 1.81. The number of nitrogens with zero attached hydrogens (tertiary/aromatic N) is 3. The first-order valence-corrected chi connectivity index (χ1v) is 3.82. The smallest absolute Gasteiger partial charge is 0.270 e. The van der Waals surface area contributed by atoms with E-state index in [1.54, 1.807) is 0 Å². The Morgan fingerprint density at radius 3 is 1.90 bits per heavy atom. The van der Waals surface area contributed by atoms with Gasteiger partial charge in [0.15, 0.2) is 0 Å². The summed E-state index contributed by atoms with van der Waals surface area (Å²) in [6.07, 6.45) is 0. The fourth-order valence-corrected chi connectivity index (χ4v) is 1.43. The van der Waals surface area contributed by atoms with E-state index in [1.165, 1.54) is 0 Å². The van der Waals surface area contributed by atoms with E-state index in [0.29, 0.717) is 0 Å². The number of rotatable bonds is 1. The minimum Gasteiger partial charge on any atom is -0.366 e. The van der Waals surface area contributed by atoms with E-state index >= 15 is 0 Å². The van der Waals surface area contributed by atoms with Gasteiger partial charge in [-0.3, -0.25) is 0 Å². The third kappa shape index (κ3) is 2.04. The van der Waals surface area contributed by atoms with Crippen LogP contribution in [0.4, 0.5) is 0 Å². The summed E-state index contributed by atoms with van der Waals surface area (Å²) in [6.45, 7) is 3.35. The van der Waals surface area contributed by atoms with Gasteiger partial charge in [-0.15, -0.1) is 0 Å². The molecular formula is C4H14B3N3. The van der Waals surface area contributed by atoms with Crippen LogP contribution in [-0.4, -0.2) is 57.5 Å². The quantitative estimate of drug-likeness (QED) is 0.386. The molecule has 0 atom stereocenters. The van der Waals surface area contributed by atoms with Crippen LogP contribution in [0.15, 0.2) is 0 Å². The molecule has 0 aromatic heterocycles. The van der Waals surface area contributed by atoms with Crippen molar-refractivity contribution in [1.82, 2.24) is 14.2 Å². The summed E-state index contributed by atoms with van der Waals surface area (Å²) in [7, 11) is 7.62. The van der Waals surface area contributed by atoms with Gasteiger partial charge in [0, 0.05) is 0 Å². The lowest BCUT2D eigenvalue weighted by Gasteiger charge is -2.35. The van der Waals surface area contributed by atoms with Gasteiger partial charge in [0.2, 0.25) is 0 Å². The Hall–Kier alpha value is 0.0748. The molecule has 0 unspecified atom stereocenters. The van der Waals surface area contributed by atoms with E-state index in [-0.39, 0.29) is 0 Å². The van der Waals surface area contributed by atoms with Crippen LogP contribution in [0.1, 0.15) is 6.92 Å². The molecule has 0 amide bonds. The molecule has 0 aromatic rings. The summed E-state index contributed by atoms with van der Waals surface area (Å²) in [5.74, 6) is 0. The van der Waals surface area contributed by atoms with Crippen molar-refractivity contribution >= 4 is 22.6 Å². The molecule has 0 bridgehead atoms. The molecule has 1 aliphatic heterocycles. The summed E-state index contributed by atoms with van der Waals surface area (Å²) in [5.41, 5.74) is 0. The molecule has 0 spiro atoms. The highest BCUT2D eigenvalue weighted by atomic mass is 15.2. The largest absolute Gasteiger partial charge is 0.366 e. The van der Waals surface area contributed by atoms with E-state index in [4.69, 9.17) is 0 Å². The average Bonchev–Trinajstić information content (AvgIpc) is 1.85. The van der Waals surface area contributed by atoms with Gasteiger partial charge in [0.25, 0.3) is 22.6 Å². The molecule has 10 heavy (non-hydrogen) atoms. The number of hydrogen-bond acceptors (Lipinski definition) is 3. The van der Waals surface area contributed by atoms with Crippen LogP contribution < -0.4 is 0 Å². The highest BCUT2D eigenvalue weighted by molar-refractivity contribution is 6.64. The highest BCUT2D eigenvalue weighted by Crippen LogP contribution is 1.94. The highest BCUT2D eigenvalue weighted by Gasteiger charge is 2.20. The zero-order valence-corrected chi connectivity index (χ0v) is 7.17. The van der Waals surface area contributed by atoms with Gasteiger partial charge in [0.1, 0.15) is 0 Å². The lowest BCUT2D eigenvalue weighted by molar-refractivity contribution is 0.560. The second kappa shape index (κ2) is 3.46. The lowest BCUT2D eigenvalue weighted by atomic mass is 9.75. The van der Waals surface area contributed by atoms with Crippen molar-refractivity contribution in [2.24, 2.45) is 0 Å². The maximum atomic E-state index is 2.41. The van der Waals surface area contributed by atoms with E-state index in [2.05, 4.69) is 35.2 Å². The second-order valence-electron chi connectivity index (χ2n) is 3.12. The maximum absolute atomic E-state index is 2.41. The minimum atomic E-state index is 1.09. The first-order valence-electron chi connectivity index (χ1n) is 3.82. The maximum Gasteiger partial charge on any atom is 0.270 e. The molecule has 1 heterocycles. The topological polar surface area (TPSA) is 9.72 Å². The van der Waals surface area contributed by atoms with Gasteiger partial charge in [-0.1, -0.05) is 6.92 Å². The summed E-state index contributed by atoms with van der Waals surface area (Å²) in [4.78, 5) is 0. The Balaban J connectivity index is 2.35. The lowest BCUT2D eigenvalue weighted by Crippen LogP contribution is -2.58. The van der Waals surface area contributed by atoms with E-state index in [9.17, 15) is 0 Å². The van der Waals surface area contributed by atoms with Crippen molar-refractivity contribution in [3.63, 3.8) is 0 Å². The Kier molecular flexibility index (Phi) is 2.83. The zero-order chi connectivity index (χ0) is 7.56. The minimum absolute atomic E-state index is 1.09. The van der Waals surface area contributed by atoms with Crippen LogP contribution in [0.3, 0.4) is 0 Å². The normalized spacial score (nSPS) is 23.1. The van der Waals surface area contributed by atoms with Crippen LogP contribution >= 0.6 is 0 Å². The monoisotopic (exact) mass is 137 g/mol. The molecule has 0 radical (unpaired) electrons. The van der Waals surface area contributed by atoms with Crippen LogP contribution in [0.5, 0.6) is 0 Å². The molecule has 0 aliphatic carbocycles. The molecule has 3 nitrogen and oxygen atoms in total. The fourth-order valence-electron chi connectivity index (χ4n) is 1.43. The molecule has 1 saturated heterocycles. The first-order chi connectivity index (χ1) is 4.72. The predicted molar refractivity (Wildman–Crippen MR) is 49.4 cm³/mol. The molecule has 0 aromatic carbocycles. The SMILES string of the molecule is CCN1BN(C)BN(C)B1. The van der Waals surface area contributed by atoms with Crippen LogP contribution in [0.2, 0.25) is 0 Å². The molecular weight excluding hydrogens is 123 g/mol. The van der Waals surface area contributed by atoms with Gasteiger partial charge in [-0.05, 0) is 20.6 Å². The third-order valence-electron chi connectivity index (χ3n) is 1.81. The fraction of sp³-hybridized carbons (Fsp3) is 1.00. The average molecular weight is 137 g/mol.